The van der Waals surface area contributed by atoms with E-state index < -0.39 is 10.0 Å². The van der Waals surface area contributed by atoms with Crippen molar-refractivity contribution in [2.75, 3.05) is 14.1 Å². The van der Waals surface area contributed by atoms with Crippen molar-refractivity contribution < 1.29 is 13.2 Å². The summed E-state index contributed by atoms with van der Waals surface area (Å²) in [5.74, 6) is -0.291. The molecule has 0 aliphatic carbocycles. The zero-order valence-corrected chi connectivity index (χ0v) is 19.9. The van der Waals surface area contributed by atoms with Gasteiger partial charge in [0.25, 0.3) is 5.91 Å². The highest BCUT2D eigenvalue weighted by Gasteiger charge is 2.24. The molecule has 1 amide bonds. The second kappa shape index (κ2) is 10.3. The zero-order valence-electron chi connectivity index (χ0n) is 18.3. The van der Waals surface area contributed by atoms with Gasteiger partial charge in [0.1, 0.15) is 4.90 Å². The summed E-state index contributed by atoms with van der Waals surface area (Å²) in [7, 11) is -0.943. The van der Waals surface area contributed by atoms with Crippen molar-refractivity contribution in [2.45, 2.75) is 31.3 Å². The van der Waals surface area contributed by atoms with E-state index in [0.717, 1.165) is 21.9 Å². The number of hydrogen-bond acceptors (Lipinski definition) is 4. The van der Waals surface area contributed by atoms with Crippen molar-refractivity contribution in [2.24, 2.45) is 0 Å². The molecular formula is C24H26ClN3O3S. The van der Waals surface area contributed by atoms with Gasteiger partial charge in [0.2, 0.25) is 10.0 Å². The van der Waals surface area contributed by atoms with Crippen LogP contribution in [-0.4, -0.2) is 42.6 Å². The van der Waals surface area contributed by atoms with E-state index in [1.807, 2.05) is 36.4 Å². The van der Waals surface area contributed by atoms with Crippen LogP contribution >= 0.6 is 11.6 Å². The van der Waals surface area contributed by atoms with Gasteiger partial charge in [-0.05, 0) is 47.4 Å². The molecule has 0 saturated heterocycles. The van der Waals surface area contributed by atoms with Crippen molar-refractivity contribution in [3.63, 3.8) is 0 Å². The third-order valence-electron chi connectivity index (χ3n) is 5.12. The highest BCUT2D eigenvalue weighted by atomic mass is 35.5. The maximum atomic E-state index is 13.5. The lowest BCUT2D eigenvalue weighted by molar-refractivity contribution is 0.0729. The molecule has 0 spiro atoms. The number of sulfonamides is 1. The number of aromatic nitrogens is 1. The van der Waals surface area contributed by atoms with Crippen LogP contribution in [0.5, 0.6) is 0 Å². The number of carbonyl (C=O) groups excluding carboxylic acids is 1. The predicted molar refractivity (Wildman–Crippen MR) is 126 cm³/mol. The lowest BCUT2D eigenvalue weighted by atomic mass is 10.1. The van der Waals surface area contributed by atoms with Crippen LogP contribution < -0.4 is 0 Å². The molecule has 0 N–H and O–H groups in total. The predicted octanol–water partition coefficient (Wildman–Crippen LogP) is 4.39. The van der Waals surface area contributed by atoms with E-state index in [9.17, 15) is 13.2 Å². The molecule has 0 unspecified atom stereocenters. The first-order valence-corrected chi connectivity index (χ1v) is 12.0. The van der Waals surface area contributed by atoms with Crippen LogP contribution in [0.15, 0.2) is 71.9 Å². The van der Waals surface area contributed by atoms with Gasteiger partial charge in [-0.25, -0.2) is 12.7 Å². The average molecular weight is 472 g/mol. The number of halogens is 1. The van der Waals surface area contributed by atoms with Gasteiger partial charge in [-0.3, -0.25) is 9.78 Å². The quantitative estimate of drug-likeness (QED) is 0.488. The van der Waals surface area contributed by atoms with Crippen LogP contribution in [0.25, 0.3) is 0 Å². The highest BCUT2D eigenvalue weighted by Crippen LogP contribution is 2.26. The SMILES string of the molecule is CCc1ccc(CN(Cc2cccnc2)C(=O)c2ccc(Cl)c(S(=O)(=O)N(C)C)c2)cc1. The standard InChI is InChI=1S/C24H26ClN3O3S/c1-4-18-7-9-19(10-8-18)16-28(17-20-6-5-13-26-15-20)24(29)21-11-12-22(25)23(14-21)32(30,31)27(2)3/h5-15H,4,16-17H2,1-3H3. The number of nitrogens with zero attached hydrogens (tertiary/aromatic N) is 3. The van der Waals surface area contributed by atoms with Gasteiger partial charge in [0.15, 0.2) is 0 Å². The molecule has 8 heteroatoms. The number of pyridine rings is 1. The lowest BCUT2D eigenvalue weighted by Gasteiger charge is -2.24. The van der Waals surface area contributed by atoms with Crippen molar-refractivity contribution in [1.82, 2.24) is 14.2 Å². The molecular weight excluding hydrogens is 446 g/mol. The smallest absolute Gasteiger partial charge is 0.254 e. The monoisotopic (exact) mass is 471 g/mol. The average Bonchev–Trinajstić information content (AvgIpc) is 2.79. The zero-order chi connectivity index (χ0) is 23.3. The van der Waals surface area contributed by atoms with Gasteiger partial charge in [-0.2, -0.15) is 0 Å². The Balaban J connectivity index is 1.97. The Labute approximate surface area is 194 Å². The summed E-state index contributed by atoms with van der Waals surface area (Å²) in [5, 5.41) is 0.0733. The molecule has 0 atom stereocenters. The molecule has 2 aromatic carbocycles. The van der Waals surface area contributed by atoms with E-state index in [-0.39, 0.29) is 21.4 Å². The Morgan fingerprint density at radius 2 is 1.62 bits per heavy atom. The molecule has 0 aliphatic rings. The molecule has 0 aliphatic heterocycles. The maximum absolute atomic E-state index is 13.5. The minimum absolute atomic E-state index is 0.0733. The lowest BCUT2D eigenvalue weighted by Crippen LogP contribution is -2.30. The number of amides is 1. The third-order valence-corrected chi connectivity index (χ3v) is 7.42. The first-order valence-electron chi connectivity index (χ1n) is 10.2. The van der Waals surface area contributed by atoms with Crippen molar-refractivity contribution in [3.05, 3.63) is 94.3 Å². The van der Waals surface area contributed by atoms with Crippen LogP contribution in [-0.2, 0) is 29.5 Å². The summed E-state index contributed by atoms with van der Waals surface area (Å²) in [6.07, 6.45) is 4.33. The Bertz CT molecular complexity index is 1180. The molecule has 0 bridgehead atoms. The molecule has 3 aromatic rings. The second-order valence-corrected chi connectivity index (χ2v) is 10.2. The van der Waals surface area contributed by atoms with E-state index >= 15 is 0 Å². The molecule has 0 radical (unpaired) electrons. The summed E-state index contributed by atoms with van der Waals surface area (Å²) in [5.41, 5.74) is 3.33. The van der Waals surface area contributed by atoms with E-state index in [4.69, 9.17) is 11.6 Å². The summed E-state index contributed by atoms with van der Waals surface area (Å²) in [6, 6.07) is 16.2. The van der Waals surface area contributed by atoms with Gasteiger partial charge in [-0.15, -0.1) is 0 Å². The number of benzene rings is 2. The Morgan fingerprint density at radius 1 is 0.969 bits per heavy atom. The maximum Gasteiger partial charge on any atom is 0.254 e. The molecule has 1 aromatic heterocycles. The fraction of sp³-hybridized carbons (Fsp3) is 0.250. The normalized spacial score (nSPS) is 11.5. The highest BCUT2D eigenvalue weighted by molar-refractivity contribution is 7.89. The summed E-state index contributed by atoms with van der Waals surface area (Å²) in [4.78, 5) is 19.2. The summed E-state index contributed by atoms with van der Waals surface area (Å²) >= 11 is 6.16. The number of carbonyl (C=O) groups is 1. The minimum atomic E-state index is -3.79. The topological polar surface area (TPSA) is 70.6 Å². The van der Waals surface area contributed by atoms with Gasteiger partial charge in [0, 0.05) is 45.1 Å². The Morgan fingerprint density at radius 3 is 2.22 bits per heavy atom. The van der Waals surface area contributed by atoms with Gasteiger partial charge >= 0.3 is 0 Å². The van der Waals surface area contributed by atoms with Crippen molar-refractivity contribution in [1.29, 1.82) is 0 Å². The van der Waals surface area contributed by atoms with Crippen molar-refractivity contribution in [3.8, 4) is 0 Å². The van der Waals surface area contributed by atoms with Crippen LogP contribution in [0.2, 0.25) is 5.02 Å². The van der Waals surface area contributed by atoms with E-state index in [2.05, 4.69) is 11.9 Å². The third kappa shape index (κ3) is 5.54. The number of rotatable bonds is 8. The van der Waals surface area contributed by atoms with Crippen LogP contribution in [0, 0.1) is 0 Å². The number of hydrogen-bond donors (Lipinski definition) is 0. The molecule has 168 valence electrons. The summed E-state index contributed by atoms with van der Waals surface area (Å²) in [6.45, 7) is 2.80. The van der Waals surface area contributed by atoms with Crippen LogP contribution in [0.1, 0.15) is 34.0 Å². The molecule has 32 heavy (non-hydrogen) atoms. The molecule has 1 heterocycles. The van der Waals surface area contributed by atoms with Gasteiger partial charge < -0.3 is 4.90 Å². The molecule has 6 nitrogen and oxygen atoms in total. The minimum Gasteiger partial charge on any atom is -0.330 e. The first kappa shape index (κ1) is 23.9. The van der Waals surface area contributed by atoms with E-state index in [1.165, 1.54) is 31.8 Å². The Kier molecular flexibility index (Phi) is 7.66. The van der Waals surface area contributed by atoms with Crippen molar-refractivity contribution >= 4 is 27.5 Å². The number of aryl methyl sites for hydroxylation is 1. The van der Waals surface area contributed by atoms with E-state index in [1.54, 1.807) is 23.4 Å². The molecule has 3 rings (SSSR count). The molecule has 0 saturated carbocycles. The van der Waals surface area contributed by atoms with Gasteiger partial charge in [-0.1, -0.05) is 48.9 Å². The van der Waals surface area contributed by atoms with Crippen LogP contribution in [0.3, 0.4) is 0 Å². The fourth-order valence-electron chi connectivity index (χ4n) is 3.23. The summed E-state index contributed by atoms with van der Waals surface area (Å²) < 4.78 is 26.4. The first-order chi connectivity index (χ1) is 15.2. The van der Waals surface area contributed by atoms with Crippen LogP contribution in [0.4, 0.5) is 0 Å². The van der Waals surface area contributed by atoms with E-state index in [0.29, 0.717) is 13.1 Å². The van der Waals surface area contributed by atoms with Gasteiger partial charge in [0.05, 0.1) is 5.02 Å². The fourth-order valence-corrected chi connectivity index (χ4v) is 4.62. The largest absolute Gasteiger partial charge is 0.330 e. The second-order valence-electron chi connectivity index (χ2n) is 7.63. The Hall–Kier alpha value is -2.74. The molecule has 0 fully saturated rings.